The number of carbonyl (C=O) groups is 2. The molecule has 2 amide bonds. The Balaban J connectivity index is 1.64. The van der Waals surface area contributed by atoms with Crippen molar-refractivity contribution in [3.63, 3.8) is 0 Å². The first-order chi connectivity index (χ1) is 15.3. The second-order valence-electron chi connectivity index (χ2n) is 7.47. The number of hydrogen-bond acceptors (Lipinski definition) is 5. The van der Waals surface area contributed by atoms with Crippen molar-refractivity contribution < 1.29 is 9.59 Å². The van der Waals surface area contributed by atoms with E-state index in [2.05, 4.69) is 26.9 Å². The number of nitrogens with one attached hydrogen (secondary N) is 2. The van der Waals surface area contributed by atoms with Crippen LogP contribution in [0.5, 0.6) is 0 Å². The number of carbonyl (C=O) groups excluding carboxylic acids is 2. The highest BCUT2D eigenvalue weighted by atomic mass is 35.5. The average Bonchev–Trinajstić information content (AvgIpc) is 3.14. The van der Waals surface area contributed by atoms with E-state index in [4.69, 9.17) is 11.6 Å². The van der Waals surface area contributed by atoms with E-state index < -0.39 is 0 Å². The van der Waals surface area contributed by atoms with Crippen molar-refractivity contribution in [1.82, 2.24) is 20.1 Å². The van der Waals surface area contributed by atoms with Gasteiger partial charge in [0.15, 0.2) is 11.0 Å². The number of halogens is 1. The smallest absolute Gasteiger partial charge is 0.253 e. The van der Waals surface area contributed by atoms with Crippen molar-refractivity contribution in [2.45, 2.75) is 45.4 Å². The second kappa shape index (κ2) is 10.7. The summed E-state index contributed by atoms with van der Waals surface area (Å²) in [5, 5.41) is 15.3. The number of anilines is 1. The molecule has 1 aromatic heterocycles. The van der Waals surface area contributed by atoms with Crippen LogP contribution in [0, 0.1) is 13.8 Å². The van der Waals surface area contributed by atoms with Gasteiger partial charge < -0.3 is 15.2 Å². The molecular formula is C23H26ClN5O2S. The zero-order chi connectivity index (χ0) is 23.3. The van der Waals surface area contributed by atoms with E-state index in [0.29, 0.717) is 28.1 Å². The zero-order valence-corrected chi connectivity index (χ0v) is 20.0. The molecule has 0 saturated heterocycles. The molecule has 9 heteroatoms. The van der Waals surface area contributed by atoms with Gasteiger partial charge >= 0.3 is 0 Å². The lowest BCUT2D eigenvalue weighted by Crippen LogP contribution is -2.29. The number of amides is 2. The first-order valence-electron chi connectivity index (χ1n) is 10.3. The lowest BCUT2D eigenvalue weighted by molar-refractivity contribution is -0.113. The largest absolute Gasteiger partial charge is 0.342 e. The van der Waals surface area contributed by atoms with Crippen molar-refractivity contribution in [3.05, 3.63) is 70.0 Å². The summed E-state index contributed by atoms with van der Waals surface area (Å²) in [7, 11) is 0. The van der Waals surface area contributed by atoms with E-state index in [0.717, 1.165) is 16.8 Å². The third kappa shape index (κ3) is 5.89. The van der Waals surface area contributed by atoms with Crippen LogP contribution >= 0.6 is 23.4 Å². The highest BCUT2D eigenvalue weighted by Crippen LogP contribution is 2.22. The number of thioether (sulfide) groups is 1. The Kier molecular flexibility index (Phi) is 7.93. The van der Waals surface area contributed by atoms with Crippen molar-refractivity contribution >= 4 is 40.9 Å². The standard InChI is InChI=1S/C23H26ClN5O2S/c1-5-29-21(16(4)25-22(31)18-8-6-7-9-19(18)24)27-28-23(29)32-13-20(30)26-17-11-14(2)10-15(3)12-17/h6-12,16H,5,13H2,1-4H3,(H,25,31)(H,26,30)/t16-/m0/s1. The van der Waals surface area contributed by atoms with Gasteiger partial charge in [-0.25, -0.2) is 0 Å². The van der Waals surface area contributed by atoms with Gasteiger partial charge in [0.25, 0.3) is 5.91 Å². The predicted molar refractivity (Wildman–Crippen MR) is 128 cm³/mol. The zero-order valence-electron chi connectivity index (χ0n) is 18.5. The Bertz CT molecular complexity index is 1110. The van der Waals surface area contributed by atoms with Gasteiger partial charge in [-0.3, -0.25) is 9.59 Å². The van der Waals surface area contributed by atoms with Gasteiger partial charge in [-0.1, -0.05) is 41.6 Å². The summed E-state index contributed by atoms with van der Waals surface area (Å²) in [6, 6.07) is 12.4. The lowest BCUT2D eigenvalue weighted by Gasteiger charge is -2.15. The fourth-order valence-corrected chi connectivity index (χ4v) is 4.41. The Hall–Kier alpha value is -2.84. The van der Waals surface area contributed by atoms with Crippen molar-refractivity contribution in [1.29, 1.82) is 0 Å². The molecule has 0 aliphatic carbocycles. The van der Waals surface area contributed by atoms with E-state index in [1.807, 2.05) is 44.4 Å². The fraction of sp³-hybridized carbons (Fsp3) is 0.304. The van der Waals surface area contributed by atoms with E-state index in [1.54, 1.807) is 24.3 Å². The van der Waals surface area contributed by atoms with Crippen molar-refractivity contribution in [2.75, 3.05) is 11.1 Å². The maximum absolute atomic E-state index is 12.6. The van der Waals surface area contributed by atoms with E-state index in [1.165, 1.54) is 11.8 Å². The number of hydrogen-bond donors (Lipinski definition) is 2. The van der Waals surface area contributed by atoms with E-state index >= 15 is 0 Å². The van der Waals surface area contributed by atoms with E-state index in [9.17, 15) is 9.59 Å². The van der Waals surface area contributed by atoms with Gasteiger partial charge in [-0.15, -0.1) is 10.2 Å². The molecule has 0 radical (unpaired) electrons. The van der Waals surface area contributed by atoms with Crippen molar-refractivity contribution in [3.8, 4) is 0 Å². The van der Waals surface area contributed by atoms with Crippen LogP contribution in [-0.2, 0) is 11.3 Å². The molecule has 0 saturated carbocycles. The van der Waals surface area contributed by atoms with Crippen LogP contribution in [0.4, 0.5) is 5.69 Å². The lowest BCUT2D eigenvalue weighted by atomic mass is 10.1. The first-order valence-corrected chi connectivity index (χ1v) is 11.6. The predicted octanol–water partition coefficient (Wildman–Crippen LogP) is 4.79. The SMILES string of the molecule is CCn1c(SCC(=O)Nc2cc(C)cc(C)c2)nnc1[C@H](C)NC(=O)c1ccccc1Cl. The minimum Gasteiger partial charge on any atom is -0.342 e. The average molecular weight is 472 g/mol. The van der Waals surface area contributed by atoms with Gasteiger partial charge in [0.05, 0.1) is 22.4 Å². The highest BCUT2D eigenvalue weighted by Gasteiger charge is 2.21. The Morgan fingerprint density at radius 3 is 2.47 bits per heavy atom. The molecule has 0 fully saturated rings. The molecule has 0 spiro atoms. The molecular weight excluding hydrogens is 446 g/mol. The quantitative estimate of drug-likeness (QED) is 0.461. The van der Waals surface area contributed by atoms with Crippen LogP contribution in [0.2, 0.25) is 5.02 Å². The van der Waals surface area contributed by atoms with Crippen LogP contribution in [0.25, 0.3) is 0 Å². The number of rotatable bonds is 8. The van der Waals surface area contributed by atoms with Crippen LogP contribution in [0.3, 0.4) is 0 Å². The summed E-state index contributed by atoms with van der Waals surface area (Å²) >= 11 is 7.43. The Morgan fingerprint density at radius 2 is 1.81 bits per heavy atom. The molecule has 7 nitrogen and oxygen atoms in total. The summed E-state index contributed by atoms with van der Waals surface area (Å²) in [6.07, 6.45) is 0. The third-order valence-electron chi connectivity index (χ3n) is 4.75. The maximum atomic E-state index is 12.6. The molecule has 0 unspecified atom stereocenters. The van der Waals surface area contributed by atoms with Gasteiger partial charge in [0.1, 0.15) is 0 Å². The molecule has 3 aromatic rings. The number of benzene rings is 2. The summed E-state index contributed by atoms with van der Waals surface area (Å²) in [6.45, 7) is 8.40. The molecule has 1 atom stereocenters. The van der Waals surface area contributed by atoms with Crippen LogP contribution in [0.15, 0.2) is 47.6 Å². The third-order valence-corrected chi connectivity index (χ3v) is 6.05. The minimum absolute atomic E-state index is 0.118. The van der Waals surface area contributed by atoms with E-state index in [-0.39, 0.29) is 23.6 Å². The van der Waals surface area contributed by atoms with Gasteiger partial charge in [-0.2, -0.15) is 0 Å². The first kappa shape index (κ1) is 23.8. The Morgan fingerprint density at radius 1 is 1.12 bits per heavy atom. The molecule has 0 bridgehead atoms. The molecule has 2 aromatic carbocycles. The molecule has 0 aliphatic rings. The minimum atomic E-state index is -0.385. The molecule has 3 rings (SSSR count). The van der Waals surface area contributed by atoms with Crippen LogP contribution in [0.1, 0.15) is 47.2 Å². The van der Waals surface area contributed by atoms with Crippen LogP contribution in [-0.4, -0.2) is 32.3 Å². The van der Waals surface area contributed by atoms with Gasteiger partial charge in [0, 0.05) is 12.2 Å². The topological polar surface area (TPSA) is 88.9 Å². The molecule has 1 heterocycles. The summed E-state index contributed by atoms with van der Waals surface area (Å²) in [5.74, 6) is 0.416. The highest BCUT2D eigenvalue weighted by molar-refractivity contribution is 7.99. The molecule has 0 aliphatic heterocycles. The number of nitrogens with zero attached hydrogens (tertiary/aromatic N) is 3. The second-order valence-corrected chi connectivity index (χ2v) is 8.82. The fourth-order valence-electron chi connectivity index (χ4n) is 3.38. The molecule has 2 N–H and O–H groups in total. The summed E-state index contributed by atoms with van der Waals surface area (Å²) in [5.41, 5.74) is 3.37. The summed E-state index contributed by atoms with van der Waals surface area (Å²) < 4.78 is 1.90. The molecule has 32 heavy (non-hydrogen) atoms. The van der Waals surface area contributed by atoms with Crippen molar-refractivity contribution in [2.24, 2.45) is 0 Å². The summed E-state index contributed by atoms with van der Waals surface area (Å²) in [4.78, 5) is 25.0. The van der Waals surface area contributed by atoms with Gasteiger partial charge in [0.2, 0.25) is 5.91 Å². The Labute approximate surface area is 197 Å². The molecule has 168 valence electrons. The number of aryl methyl sites for hydroxylation is 2. The maximum Gasteiger partial charge on any atom is 0.253 e. The van der Waals surface area contributed by atoms with Gasteiger partial charge in [-0.05, 0) is 63.1 Å². The van der Waals surface area contributed by atoms with Crippen LogP contribution < -0.4 is 10.6 Å². The monoisotopic (exact) mass is 471 g/mol. The number of aromatic nitrogens is 3. The normalized spacial score (nSPS) is 11.8.